The van der Waals surface area contributed by atoms with Crippen molar-refractivity contribution in [1.82, 2.24) is 25.6 Å². The van der Waals surface area contributed by atoms with Crippen LogP contribution in [0.2, 0.25) is 0 Å². The van der Waals surface area contributed by atoms with Crippen molar-refractivity contribution >= 4 is 16.9 Å². The smallest absolute Gasteiger partial charge is 0.349 e. The molecule has 0 atom stereocenters. The van der Waals surface area contributed by atoms with E-state index in [-0.39, 0.29) is 25.1 Å². The lowest BCUT2D eigenvalue weighted by Crippen LogP contribution is -2.31. The van der Waals surface area contributed by atoms with E-state index in [2.05, 4.69) is 31.0 Å². The van der Waals surface area contributed by atoms with Gasteiger partial charge in [0, 0.05) is 36.1 Å². The van der Waals surface area contributed by atoms with Crippen molar-refractivity contribution in [2.45, 2.75) is 19.5 Å². The largest absolute Gasteiger partial charge is 0.503 e. The molecule has 0 saturated heterocycles. The van der Waals surface area contributed by atoms with Crippen molar-refractivity contribution in [2.24, 2.45) is 5.11 Å². The van der Waals surface area contributed by atoms with Gasteiger partial charge in [-0.3, -0.25) is 4.79 Å². The molecule has 0 unspecified atom stereocenters. The number of ether oxygens (including phenoxy) is 3. The molecule has 1 aromatic carbocycles. The lowest BCUT2D eigenvalue weighted by Gasteiger charge is -2.08. The summed E-state index contributed by atoms with van der Waals surface area (Å²) in [5, 5.41) is 26.3. The molecule has 0 aliphatic carbocycles. The Bertz CT molecular complexity index is 1390. The second-order valence-corrected chi connectivity index (χ2v) is 8.44. The zero-order valence-electron chi connectivity index (χ0n) is 22.1. The van der Waals surface area contributed by atoms with Crippen molar-refractivity contribution in [1.29, 1.82) is 0 Å². The first-order chi connectivity index (χ1) is 19.9. The summed E-state index contributed by atoms with van der Waals surface area (Å²) in [6.45, 7) is 4.21. The number of rotatable bonds is 19. The SMILES string of the molecule is [N-]=[N+]=NCCCNCc1cn(CCOCCOCCOCCNC(=O)c2cc3cc(F)c(O)c(F)c3oc2=O)nn1. The minimum Gasteiger partial charge on any atom is -0.503 e. The predicted molar refractivity (Wildman–Crippen MR) is 139 cm³/mol. The molecule has 0 aliphatic heterocycles. The fraction of sp³-hybridized carbons (Fsp3) is 0.500. The van der Waals surface area contributed by atoms with Crippen molar-refractivity contribution in [3.8, 4) is 5.75 Å². The van der Waals surface area contributed by atoms with Gasteiger partial charge in [0.2, 0.25) is 5.82 Å². The van der Waals surface area contributed by atoms with Gasteiger partial charge in [-0.25, -0.2) is 13.9 Å². The molecular formula is C24H30F2N8O7. The number of carbonyl (C=O) groups is 1. The topological polar surface area (TPSA) is 199 Å². The van der Waals surface area contributed by atoms with E-state index in [1.807, 2.05) is 6.20 Å². The Morgan fingerprint density at radius 2 is 1.85 bits per heavy atom. The van der Waals surface area contributed by atoms with Crippen LogP contribution in [0.3, 0.4) is 0 Å². The Kier molecular flexibility index (Phi) is 12.9. The van der Waals surface area contributed by atoms with E-state index >= 15 is 0 Å². The number of amides is 1. The second-order valence-electron chi connectivity index (χ2n) is 8.44. The highest BCUT2D eigenvalue weighted by Crippen LogP contribution is 2.28. The van der Waals surface area contributed by atoms with Crippen LogP contribution in [-0.4, -0.2) is 85.3 Å². The number of azide groups is 1. The summed E-state index contributed by atoms with van der Waals surface area (Å²) >= 11 is 0. The quantitative estimate of drug-likeness (QED) is 0.0616. The molecule has 41 heavy (non-hydrogen) atoms. The standard InChI is InChI=1S/C24H30F2N8O7/c25-19-13-16-12-18(24(37)41-22(16)20(26)21(19)35)23(36)29-4-6-38-8-10-40-11-9-39-7-5-34-15-17(31-33-34)14-28-2-1-3-30-32-27/h12-13,15,28,35H,1-11,14H2,(H,29,36). The van der Waals surface area contributed by atoms with Crippen LogP contribution < -0.4 is 16.3 Å². The van der Waals surface area contributed by atoms with Crippen LogP contribution in [0, 0.1) is 11.6 Å². The lowest BCUT2D eigenvalue weighted by atomic mass is 10.1. The Balaban J connectivity index is 1.19. The highest BCUT2D eigenvalue weighted by molar-refractivity contribution is 5.96. The second kappa shape index (κ2) is 16.8. The third-order valence-corrected chi connectivity index (χ3v) is 5.44. The maximum Gasteiger partial charge on any atom is 0.349 e. The van der Waals surface area contributed by atoms with E-state index in [4.69, 9.17) is 24.2 Å². The van der Waals surface area contributed by atoms with Gasteiger partial charge in [-0.15, -0.1) is 5.10 Å². The summed E-state index contributed by atoms with van der Waals surface area (Å²) < 4.78 is 50.1. The molecule has 0 bridgehead atoms. The van der Waals surface area contributed by atoms with Crippen molar-refractivity contribution in [2.75, 3.05) is 59.3 Å². The van der Waals surface area contributed by atoms with Crippen molar-refractivity contribution < 1.29 is 37.3 Å². The van der Waals surface area contributed by atoms with Crippen LogP contribution in [0.5, 0.6) is 5.75 Å². The number of nitrogens with zero attached hydrogens (tertiary/aromatic N) is 6. The fourth-order valence-corrected chi connectivity index (χ4v) is 3.44. The van der Waals surface area contributed by atoms with Crippen LogP contribution in [-0.2, 0) is 27.3 Å². The third kappa shape index (κ3) is 10.1. The maximum atomic E-state index is 13.9. The molecule has 0 spiro atoms. The molecule has 17 heteroatoms. The van der Waals surface area contributed by atoms with Crippen LogP contribution in [0.25, 0.3) is 21.4 Å². The van der Waals surface area contributed by atoms with Crippen molar-refractivity contribution in [3.05, 3.63) is 62.1 Å². The van der Waals surface area contributed by atoms with E-state index in [1.54, 1.807) is 4.68 Å². The van der Waals surface area contributed by atoms with E-state index in [0.717, 1.165) is 24.2 Å². The van der Waals surface area contributed by atoms with Gasteiger partial charge in [-0.1, -0.05) is 10.3 Å². The zero-order chi connectivity index (χ0) is 29.5. The monoisotopic (exact) mass is 580 g/mol. The molecule has 3 aromatic rings. The molecule has 3 rings (SSSR count). The molecular weight excluding hydrogens is 550 g/mol. The van der Waals surface area contributed by atoms with Crippen LogP contribution >= 0.6 is 0 Å². The summed E-state index contributed by atoms with van der Waals surface area (Å²) in [6, 6.07) is 1.74. The number of phenolic OH excluding ortho intramolecular Hbond substituents is 1. The Morgan fingerprint density at radius 1 is 1.12 bits per heavy atom. The summed E-state index contributed by atoms with van der Waals surface area (Å²) in [4.78, 5) is 27.0. The molecule has 2 aromatic heterocycles. The molecule has 0 radical (unpaired) electrons. The number of hydrogen-bond donors (Lipinski definition) is 3. The fourth-order valence-electron chi connectivity index (χ4n) is 3.44. The maximum absolute atomic E-state index is 13.9. The van der Waals surface area contributed by atoms with Crippen molar-refractivity contribution in [3.63, 3.8) is 0 Å². The number of aromatic nitrogens is 3. The normalized spacial score (nSPS) is 11.1. The van der Waals surface area contributed by atoms with Gasteiger partial charge in [0.05, 0.1) is 51.9 Å². The lowest BCUT2D eigenvalue weighted by molar-refractivity contribution is 0.0133. The average Bonchev–Trinajstić information content (AvgIpc) is 3.42. The Hall–Kier alpha value is -4.15. The van der Waals surface area contributed by atoms with Gasteiger partial charge in [0.15, 0.2) is 17.1 Å². The first kappa shape index (κ1) is 31.4. The van der Waals surface area contributed by atoms with Gasteiger partial charge < -0.3 is 34.4 Å². The first-order valence-electron chi connectivity index (χ1n) is 12.7. The van der Waals surface area contributed by atoms with E-state index < -0.39 is 40.1 Å². The Labute approximate surface area is 232 Å². The summed E-state index contributed by atoms with van der Waals surface area (Å²) in [5.41, 5.74) is 6.80. The highest BCUT2D eigenvalue weighted by atomic mass is 19.1. The van der Waals surface area contributed by atoms with Crippen LogP contribution in [0.4, 0.5) is 8.78 Å². The highest BCUT2D eigenvalue weighted by Gasteiger charge is 2.19. The summed E-state index contributed by atoms with van der Waals surface area (Å²) in [5.74, 6) is -4.75. The summed E-state index contributed by atoms with van der Waals surface area (Å²) in [6.07, 6.45) is 2.57. The van der Waals surface area contributed by atoms with Gasteiger partial charge >= 0.3 is 5.63 Å². The molecule has 0 saturated carbocycles. The van der Waals surface area contributed by atoms with E-state index in [1.165, 1.54) is 0 Å². The van der Waals surface area contributed by atoms with E-state index in [9.17, 15) is 23.5 Å². The van der Waals surface area contributed by atoms with Crippen LogP contribution in [0.15, 0.2) is 32.7 Å². The Morgan fingerprint density at radius 3 is 2.61 bits per heavy atom. The van der Waals surface area contributed by atoms with E-state index in [0.29, 0.717) is 52.6 Å². The summed E-state index contributed by atoms with van der Waals surface area (Å²) in [7, 11) is 0. The molecule has 15 nitrogen and oxygen atoms in total. The number of phenols is 1. The minimum atomic E-state index is -1.42. The van der Waals surface area contributed by atoms with Gasteiger partial charge in [0.1, 0.15) is 5.56 Å². The first-order valence-corrected chi connectivity index (χ1v) is 12.7. The molecule has 0 fully saturated rings. The minimum absolute atomic E-state index is 0.0647. The number of fused-ring (bicyclic) bond motifs is 1. The predicted octanol–water partition coefficient (Wildman–Crippen LogP) is 1.64. The molecule has 2 heterocycles. The molecule has 3 N–H and O–H groups in total. The number of hydrogen-bond acceptors (Lipinski definition) is 11. The molecule has 1 amide bonds. The zero-order valence-corrected chi connectivity index (χ0v) is 22.1. The van der Waals surface area contributed by atoms with Gasteiger partial charge in [-0.05, 0) is 30.6 Å². The average molecular weight is 581 g/mol. The third-order valence-electron chi connectivity index (χ3n) is 5.44. The van der Waals surface area contributed by atoms with Crippen LogP contribution in [0.1, 0.15) is 22.5 Å². The number of nitrogens with one attached hydrogen (secondary N) is 2. The number of halogens is 2. The molecule has 0 aliphatic rings. The molecule has 222 valence electrons. The van der Waals surface area contributed by atoms with Gasteiger partial charge in [-0.2, -0.15) is 4.39 Å². The number of aromatic hydroxyl groups is 1. The number of benzene rings is 1. The van der Waals surface area contributed by atoms with Gasteiger partial charge in [0.25, 0.3) is 5.91 Å². The number of carbonyl (C=O) groups excluding carboxylic acids is 1.